The Labute approximate surface area is 158 Å². The number of hydrogen-bond donors (Lipinski definition) is 1. The first-order valence-electron chi connectivity index (χ1n) is 8.11. The zero-order valence-corrected chi connectivity index (χ0v) is 15.0. The second-order valence-electron chi connectivity index (χ2n) is 5.95. The van der Waals surface area contributed by atoms with Gasteiger partial charge in [0.25, 0.3) is 5.91 Å². The molecule has 0 aliphatic heterocycles. The summed E-state index contributed by atoms with van der Waals surface area (Å²) in [7, 11) is 0. The number of imidazole rings is 1. The van der Waals surface area contributed by atoms with Crippen LogP contribution >= 0.6 is 11.3 Å². The van der Waals surface area contributed by atoms with Gasteiger partial charge in [0.15, 0.2) is 4.96 Å². The van der Waals surface area contributed by atoms with Gasteiger partial charge in [-0.2, -0.15) is 5.26 Å². The van der Waals surface area contributed by atoms with E-state index in [0.717, 1.165) is 17.0 Å². The molecule has 0 unspecified atom stereocenters. The van der Waals surface area contributed by atoms with Crippen LogP contribution in [-0.4, -0.2) is 15.3 Å². The lowest BCUT2D eigenvalue weighted by Crippen LogP contribution is -2.12. The maximum atomic E-state index is 13.1. The van der Waals surface area contributed by atoms with Crippen molar-refractivity contribution in [3.05, 3.63) is 76.7 Å². The molecule has 0 saturated carbocycles. The largest absolute Gasteiger partial charge is 0.321 e. The first-order valence-corrected chi connectivity index (χ1v) is 8.93. The second kappa shape index (κ2) is 6.67. The Morgan fingerprint density at radius 3 is 2.74 bits per heavy atom. The fourth-order valence-corrected chi connectivity index (χ4v) is 3.78. The highest BCUT2D eigenvalue weighted by molar-refractivity contribution is 7.19. The van der Waals surface area contributed by atoms with Crippen LogP contribution in [0.15, 0.2) is 54.7 Å². The van der Waals surface area contributed by atoms with E-state index in [-0.39, 0.29) is 11.7 Å². The minimum atomic E-state index is -0.296. The number of hydrogen-bond acceptors (Lipinski definition) is 4. The van der Waals surface area contributed by atoms with E-state index in [9.17, 15) is 9.18 Å². The van der Waals surface area contributed by atoms with Crippen LogP contribution in [0, 0.1) is 24.1 Å². The highest BCUT2D eigenvalue weighted by Gasteiger charge is 2.18. The molecule has 0 fully saturated rings. The number of aromatic nitrogens is 2. The fourth-order valence-electron chi connectivity index (χ4n) is 2.77. The molecule has 0 saturated heterocycles. The third kappa shape index (κ3) is 3.18. The number of amides is 1. The minimum Gasteiger partial charge on any atom is -0.321 e. The summed E-state index contributed by atoms with van der Waals surface area (Å²) < 4.78 is 14.9. The molecule has 2 aromatic carbocycles. The lowest BCUT2D eigenvalue weighted by Gasteiger charge is -2.04. The number of thiazole rings is 1. The van der Waals surface area contributed by atoms with Gasteiger partial charge in [0.05, 0.1) is 17.3 Å². The number of nitriles is 1. The summed E-state index contributed by atoms with van der Waals surface area (Å²) in [6, 6.07) is 14.9. The fraction of sp³-hybridized carbons (Fsp3) is 0.0500. The summed E-state index contributed by atoms with van der Waals surface area (Å²) in [5, 5.41) is 11.8. The van der Waals surface area contributed by atoms with Crippen LogP contribution in [0.25, 0.3) is 16.2 Å². The summed E-state index contributed by atoms with van der Waals surface area (Å²) in [6.45, 7) is 1.85. The predicted molar refractivity (Wildman–Crippen MR) is 102 cm³/mol. The first kappa shape index (κ1) is 16.9. The molecular formula is C20H13FN4OS. The molecule has 1 N–H and O–H groups in total. The van der Waals surface area contributed by atoms with E-state index in [1.807, 2.05) is 23.6 Å². The third-order valence-electron chi connectivity index (χ3n) is 4.15. The van der Waals surface area contributed by atoms with Crippen molar-refractivity contribution in [1.29, 1.82) is 5.26 Å². The maximum absolute atomic E-state index is 13.1. The number of carbonyl (C=O) groups excluding carboxylic acids is 1. The Morgan fingerprint density at radius 2 is 2.04 bits per heavy atom. The van der Waals surface area contributed by atoms with Gasteiger partial charge in [-0.05, 0) is 49.4 Å². The molecule has 132 valence electrons. The molecule has 0 spiro atoms. The third-order valence-corrected chi connectivity index (χ3v) is 5.31. The molecule has 0 bridgehead atoms. The molecule has 2 heterocycles. The summed E-state index contributed by atoms with van der Waals surface area (Å²) in [4.78, 5) is 18.4. The van der Waals surface area contributed by atoms with Crippen LogP contribution in [0.1, 0.15) is 20.9 Å². The Bertz CT molecular complexity index is 1200. The average Bonchev–Trinajstić information content (AvgIpc) is 3.22. The van der Waals surface area contributed by atoms with Gasteiger partial charge >= 0.3 is 0 Å². The quantitative estimate of drug-likeness (QED) is 0.566. The number of nitrogens with zero attached hydrogens (tertiary/aromatic N) is 3. The number of nitrogens with one attached hydrogen (secondary N) is 1. The molecule has 27 heavy (non-hydrogen) atoms. The van der Waals surface area contributed by atoms with Crippen LogP contribution in [0.3, 0.4) is 0 Å². The van der Waals surface area contributed by atoms with Crippen molar-refractivity contribution < 1.29 is 9.18 Å². The number of rotatable bonds is 3. The number of anilines is 1. The van der Waals surface area contributed by atoms with Crippen molar-refractivity contribution in [3.63, 3.8) is 0 Å². The second-order valence-corrected chi connectivity index (χ2v) is 6.93. The van der Waals surface area contributed by atoms with E-state index >= 15 is 0 Å². The van der Waals surface area contributed by atoms with Gasteiger partial charge in [-0.15, -0.1) is 0 Å². The lowest BCUT2D eigenvalue weighted by molar-refractivity contribution is 0.102. The van der Waals surface area contributed by atoms with Crippen molar-refractivity contribution >= 4 is 27.9 Å². The van der Waals surface area contributed by atoms with Gasteiger partial charge in [-0.1, -0.05) is 17.4 Å². The van der Waals surface area contributed by atoms with Gasteiger partial charge in [-0.25, -0.2) is 9.37 Å². The van der Waals surface area contributed by atoms with Crippen molar-refractivity contribution in [3.8, 4) is 17.3 Å². The molecule has 1 amide bonds. The van der Waals surface area contributed by atoms with E-state index in [0.29, 0.717) is 21.1 Å². The normalized spacial score (nSPS) is 10.7. The molecule has 0 radical (unpaired) electrons. The van der Waals surface area contributed by atoms with Crippen LogP contribution in [-0.2, 0) is 0 Å². The highest BCUT2D eigenvalue weighted by atomic mass is 32.1. The van der Waals surface area contributed by atoms with Crippen molar-refractivity contribution in [2.24, 2.45) is 0 Å². The molecular weight excluding hydrogens is 363 g/mol. The van der Waals surface area contributed by atoms with Gasteiger partial charge < -0.3 is 5.32 Å². The first-order chi connectivity index (χ1) is 13.0. The van der Waals surface area contributed by atoms with Crippen molar-refractivity contribution in [1.82, 2.24) is 9.38 Å². The molecule has 0 aliphatic carbocycles. The summed E-state index contributed by atoms with van der Waals surface area (Å²) in [5.74, 6) is -0.545. The molecule has 0 aliphatic rings. The van der Waals surface area contributed by atoms with E-state index in [1.54, 1.807) is 36.4 Å². The molecule has 4 aromatic rings. The SMILES string of the molecule is Cc1c(C(=O)Nc2cccc(C#N)c2)sc2nc(-c3ccc(F)cc3)cn12. The monoisotopic (exact) mass is 376 g/mol. The zero-order chi connectivity index (χ0) is 19.0. The summed E-state index contributed by atoms with van der Waals surface area (Å²) >= 11 is 1.28. The van der Waals surface area contributed by atoms with Gasteiger partial charge in [0, 0.05) is 23.1 Å². The van der Waals surface area contributed by atoms with E-state index in [4.69, 9.17) is 5.26 Å². The number of benzene rings is 2. The lowest BCUT2D eigenvalue weighted by atomic mass is 10.2. The van der Waals surface area contributed by atoms with Gasteiger partial charge in [-0.3, -0.25) is 9.20 Å². The standard InChI is InChI=1S/C20H13FN4OS/c1-12-18(19(26)23-16-4-2-3-13(9-16)10-22)27-20-24-17(11-25(12)20)14-5-7-15(21)8-6-14/h2-9,11H,1H3,(H,23,26). The van der Waals surface area contributed by atoms with E-state index in [2.05, 4.69) is 10.3 Å². The van der Waals surface area contributed by atoms with Gasteiger partial charge in [0.2, 0.25) is 0 Å². The predicted octanol–water partition coefficient (Wildman–Crippen LogP) is 4.63. The molecule has 5 nitrogen and oxygen atoms in total. The Morgan fingerprint density at radius 1 is 1.26 bits per heavy atom. The number of halogens is 1. The number of aryl methyl sites for hydroxylation is 1. The average molecular weight is 376 g/mol. The topological polar surface area (TPSA) is 70.2 Å². The minimum absolute atomic E-state index is 0.249. The molecule has 7 heteroatoms. The van der Waals surface area contributed by atoms with Crippen LogP contribution in [0.5, 0.6) is 0 Å². The Kier molecular flexibility index (Phi) is 4.18. The van der Waals surface area contributed by atoms with E-state index in [1.165, 1.54) is 23.5 Å². The van der Waals surface area contributed by atoms with Crippen LogP contribution in [0.2, 0.25) is 0 Å². The molecule has 2 aromatic heterocycles. The van der Waals surface area contributed by atoms with Crippen molar-refractivity contribution in [2.45, 2.75) is 6.92 Å². The summed E-state index contributed by atoms with van der Waals surface area (Å²) in [5.41, 5.74) is 3.35. The summed E-state index contributed by atoms with van der Waals surface area (Å²) in [6.07, 6.45) is 1.83. The van der Waals surface area contributed by atoms with Crippen molar-refractivity contribution in [2.75, 3.05) is 5.32 Å². The van der Waals surface area contributed by atoms with Crippen LogP contribution in [0.4, 0.5) is 10.1 Å². The Balaban J connectivity index is 1.64. The van der Waals surface area contributed by atoms with Crippen LogP contribution < -0.4 is 5.32 Å². The Hall–Kier alpha value is -3.50. The number of carbonyl (C=O) groups is 1. The zero-order valence-electron chi connectivity index (χ0n) is 14.2. The van der Waals surface area contributed by atoms with E-state index < -0.39 is 0 Å². The highest BCUT2D eigenvalue weighted by Crippen LogP contribution is 2.28. The molecule has 4 rings (SSSR count). The maximum Gasteiger partial charge on any atom is 0.267 e. The molecule has 0 atom stereocenters. The van der Waals surface area contributed by atoms with Gasteiger partial charge in [0.1, 0.15) is 10.7 Å². The number of fused-ring (bicyclic) bond motifs is 1. The smallest absolute Gasteiger partial charge is 0.267 e.